The lowest BCUT2D eigenvalue weighted by atomic mass is 9.82. The number of nitrogens with two attached hydrogens (primary N) is 1. The van der Waals surface area contributed by atoms with Crippen molar-refractivity contribution < 1.29 is 14.3 Å². The summed E-state index contributed by atoms with van der Waals surface area (Å²) in [5, 5.41) is 0. The number of hydrogen-bond acceptors (Lipinski definition) is 4. The van der Waals surface area contributed by atoms with Gasteiger partial charge < -0.3 is 10.5 Å². The monoisotopic (exact) mass is 354 g/mol. The van der Waals surface area contributed by atoms with Gasteiger partial charge in [-0.25, -0.2) is 4.79 Å². The molecule has 1 aliphatic carbocycles. The molecule has 5 nitrogen and oxygen atoms in total. The number of nitrogens with zero attached hydrogens (tertiary/aromatic N) is 1. The Bertz CT molecular complexity index is 530. The summed E-state index contributed by atoms with van der Waals surface area (Å²) in [6.07, 6.45) is 5.18. The van der Waals surface area contributed by atoms with Gasteiger partial charge in [0.2, 0.25) is 5.91 Å². The number of hydrogen-bond donors (Lipinski definition) is 1. The fourth-order valence-corrected chi connectivity index (χ4v) is 3.31. The SMILES string of the molecule is COC(=O)[C@H](C1CCCCC1)N(C(=O)[C@H](C)N)c1ccccc1.Cl. The third-order valence-corrected chi connectivity index (χ3v) is 4.48. The van der Waals surface area contributed by atoms with Crippen molar-refractivity contribution in [2.75, 3.05) is 12.0 Å². The Labute approximate surface area is 149 Å². The molecule has 1 aliphatic rings. The standard InChI is InChI=1S/C18H26N2O3.ClH/c1-13(19)17(21)20(15-11-7-4-8-12-15)16(18(22)23-2)14-9-5-3-6-10-14;/h4,7-8,11-14,16H,3,5-6,9-10,19H2,1-2H3;1H/t13-,16-;/m0./s1. The molecule has 1 fully saturated rings. The van der Waals surface area contributed by atoms with Crippen LogP contribution in [0.2, 0.25) is 0 Å². The van der Waals surface area contributed by atoms with E-state index in [0.717, 1.165) is 25.7 Å². The highest BCUT2D eigenvalue weighted by Crippen LogP contribution is 2.32. The zero-order chi connectivity index (χ0) is 16.8. The van der Waals surface area contributed by atoms with Crippen LogP contribution < -0.4 is 10.6 Å². The third-order valence-electron chi connectivity index (χ3n) is 4.48. The van der Waals surface area contributed by atoms with E-state index in [1.165, 1.54) is 13.5 Å². The van der Waals surface area contributed by atoms with Crippen LogP contribution in [0.4, 0.5) is 5.69 Å². The molecule has 0 unspecified atom stereocenters. The maximum atomic E-state index is 12.7. The number of amides is 1. The number of rotatable bonds is 5. The van der Waals surface area contributed by atoms with Crippen molar-refractivity contribution in [3.05, 3.63) is 30.3 Å². The first-order valence-corrected chi connectivity index (χ1v) is 8.27. The van der Waals surface area contributed by atoms with Gasteiger partial charge in [0.1, 0.15) is 6.04 Å². The highest BCUT2D eigenvalue weighted by atomic mass is 35.5. The molecule has 0 bridgehead atoms. The van der Waals surface area contributed by atoms with Crippen LogP contribution in [0.3, 0.4) is 0 Å². The van der Waals surface area contributed by atoms with Crippen LogP contribution in [-0.2, 0) is 14.3 Å². The summed E-state index contributed by atoms with van der Waals surface area (Å²) < 4.78 is 5.02. The van der Waals surface area contributed by atoms with E-state index in [-0.39, 0.29) is 30.2 Å². The van der Waals surface area contributed by atoms with Crippen LogP contribution in [0.5, 0.6) is 0 Å². The third kappa shape index (κ3) is 4.71. The fourth-order valence-electron chi connectivity index (χ4n) is 3.31. The van der Waals surface area contributed by atoms with Crippen molar-refractivity contribution in [3.8, 4) is 0 Å². The molecule has 0 aromatic heterocycles. The maximum absolute atomic E-state index is 12.7. The molecule has 1 saturated carbocycles. The Morgan fingerprint density at radius 3 is 2.25 bits per heavy atom. The van der Waals surface area contributed by atoms with Crippen LogP contribution in [0, 0.1) is 5.92 Å². The Kier molecular flexibility index (Phi) is 8.22. The number of halogens is 1. The zero-order valence-electron chi connectivity index (χ0n) is 14.3. The average Bonchev–Trinajstić information content (AvgIpc) is 2.59. The molecule has 0 radical (unpaired) electrons. The highest BCUT2D eigenvalue weighted by Gasteiger charge is 2.39. The van der Waals surface area contributed by atoms with Gasteiger partial charge in [-0.1, -0.05) is 37.5 Å². The molecule has 134 valence electrons. The summed E-state index contributed by atoms with van der Waals surface area (Å²) >= 11 is 0. The van der Waals surface area contributed by atoms with Crippen molar-refractivity contribution in [1.29, 1.82) is 0 Å². The quantitative estimate of drug-likeness (QED) is 0.825. The minimum Gasteiger partial charge on any atom is -0.467 e. The van der Waals surface area contributed by atoms with E-state index >= 15 is 0 Å². The number of carbonyl (C=O) groups is 2. The van der Waals surface area contributed by atoms with E-state index in [1.807, 2.05) is 30.3 Å². The van der Waals surface area contributed by atoms with E-state index in [2.05, 4.69) is 0 Å². The number of ether oxygens (including phenoxy) is 1. The predicted molar refractivity (Wildman–Crippen MR) is 97.2 cm³/mol. The van der Waals surface area contributed by atoms with Crippen LogP contribution in [0.15, 0.2) is 30.3 Å². The van der Waals surface area contributed by atoms with Crippen molar-refractivity contribution in [3.63, 3.8) is 0 Å². The van der Waals surface area contributed by atoms with Crippen molar-refractivity contribution in [2.24, 2.45) is 11.7 Å². The molecule has 6 heteroatoms. The molecule has 0 aliphatic heterocycles. The van der Waals surface area contributed by atoms with Crippen molar-refractivity contribution >= 4 is 30.0 Å². The van der Waals surface area contributed by atoms with E-state index in [4.69, 9.17) is 10.5 Å². The van der Waals surface area contributed by atoms with Crippen molar-refractivity contribution in [1.82, 2.24) is 0 Å². The van der Waals surface area contributed by atoms with Crippen LogP contribution in [0.25, 0.3) is 0 Å². The second-order valence-electron chi connectivity index (χ2n) is 6.20. The number of methoxy groups -OCH3 is 1. The smallest absolute Gasteiger partial charge is 0.329 e. The zero-order valence-corrected chi connectivity index (χ0v) is 15.1. The fraction of sp³-hybridized carbons (Fsp3) is 0.556. The van der Waals surface area contributed by atoms with Crippen LogP contribution in [0.1, 0.15) is 39.0 Å². The predicted octanol–water partition coefficient (Wildman–Crippen LogP) is 2.91. The molecule has 1 aromatic rings. The molecule has 1 amide bonds. The first kappa shape index (κ1) is 20.5. The number of esters is 1. The number of carbonyl (C=O) groups excluding carboxylic acids is 2. The molecular weight excluding hydrogens is 328 g/mol. The Balaban J connectivity index is 0.00000288. The highest BCUT2D eigenvalue weighted by molar-refractivity contribution is 6.02. The molecule has 1 aromatic carbocycles. The average molecular weight is 355 g/mol. The molecule has 0 heterocycles. The van der Waals surface area contributed by atoms with E-state index in [1.54, 1.807) is 11.8 Å². The van der Waals surface area contributed by atoms with Gasteiger partial charge in [0.05, 0.1) is 13.2 Å². The van der Waals surface area contributed by atoms with Crippen LogP contribution >= 0.6 is 12.4 Å². The lowest BCUT2D eigenvalue weighted by molar-refractivity contribution is -0.145. The molecule has 24 heavy (non-hydrogen) atoms. The maximum Gasteiger partial charge on any atom is 0.329 e. The second-order valence-corrected chi connectivity index (χ2v) is 6.20. The van der Waals surface area contributed by atoms with Gasteiger partial charge in [0.15, 0.2) is 0 Å². The van der Waals surface area contributed by atoms with Gasteiger partial charge in [-0.05, 0) is 37.8 Å². The normalized spacial score (nSPS) is 17.3. The summed E-state index contributed by atoms with van der Waals surface area (Å²) in [5.41, 5.74) is 6.53. The second kappa shape index (κ2) is 9.64. The summed E-state index contributed by atoms with van der Waals surface area (Å²) in [5.74, 6) is -0.508. The lowest BCUT2D eigenvalue weighted by Gasteiger charge is -2.37. The number of anilines is 1. The molecule has 2 N–H and O–H groups in total. The Morgan fingerprint density at radius 1 is 1.17 bits per heavy atom. The molecular formula is C18H27ClN2O3. The number of para-hydroxylation sites is 1. The molecule has 0 saturated heterocycles. The largest absolute Gasteiger partial charge is 0.467 e. The summed E-state index contributed by atoms with van der Waals surface area (Å²) in [4.78, 5) is 26.8. The van der Waals surface area contributed by atoms with Crippen LogP contribution in [-0.4, -0.2) is 31.1 Å². The summed E-state index contributed by atoms with van der Waals surface area (Å²) in [6.45, 7) is 1.65. The topological polar surface area (TPSA) is 72.6 Å². The Hall–Kier alpha value is -1.59. The molecule has 2 atom stereocenters. The molecule has 0 spiro atoms. The van der Waals surface area contributed by atoms with Gasteiger partial charge in [0.25, 0.3) is 0 Å². The summed E-state index contributed by atoms with van der Waals surface area (Å²) in [6, 6.07) is 7.97. The van der Waals surface area contributed by atoms with Gasteiger partial charge in [-0.3, -0.25) is 9.69 Å². The van der Waals surface area contributed by atoms with Crippen molar-refractivity contribution in [2.45, 2.75) is 51.1 Å². The minimum absolute atomic E-state index is 0. The molecule has 2 rings (SSSR count). The Morgan fingerprint density at radius 2 is 1.75 bits per heavy atom. The number of benzene rings is 1. The van der Waals surface area contributed by atoms with Gasteiger partial charge in [0, 0.05) is 5.69 Å². The first-order chi connectivity index (χ1) is 11.1. The van der Waals surface area contributed by atoms with E-state index in [9.17, 15) is 9.59 Å². The summed E-state index contributed by atoms with van der Waals surface area (Å²) in [7, 11) is 1.37. The van der Waals surface area contributed by atoms with Gasteiger partial charge in [-0.2, -0.15) is 0 Å². The van der Waals surface area contributed by atoms with E-state index in [0.29, 0.717) is 5.69 Å². The lowest BCUT2D eigenvalue weighted by Crippen LogP contribution is -2.54. The van der Waals surface area contributed by atoms with E-state index < -0.39 is 12.1 Å². The van der Waals surface area contributed by atoms with Gasteiger partial charge >= 0.3 is 5.97 Å². The van der Waals surface area contributed by atoms with Gasteiger partial charge in [-0.15, -0.1) is 12.4 Å². The first-order valence-electron chi connectivity index (χ1n) is 8.27. The minimum atomic E-state index is -0.675.